The van der Waals surface area contributed by atoms with Crippen LogP contribution in [0.2, 0.25) is 0 Å². The third-order valence-electron chi connectivity index (χ3n) is 3.49. The van der Waals surface area contributed by atoms with Crippen molar-refractivity contribution in [1.82, 2.24) is 4.98 Å². The molecule has 18 heavy (non-hydrogen) atoms. The van der Waals surface area contributed by atoms with Crippen LogP contribution < -0.4 is 4.90 Å². The summed E-state index contributed by atoms with van der Waals surface area (Å²) in [4.78, 5) is 17.5. The van der Waals surface area contributed by atoms with E-state index < -0.39 is 5.97 Å². The topological polar surface area (TPSA) is 53.4 Å². The van der Waals surface area contributed by atoms with Crippen LogP contribution in [0, 0.1) is 5.92 Å². The minimum absolute atomic E-state index is 0.272. The number of nitrogens with zero attached hydrogens (tertiary/aromatic N) is 2. The summed E-state index contributed by atoms with van der Waals surface area (Å²) in [7, 11) is 0. The van der Waals surface area contributed by atoms with E-state index in [9.17, 15) is 4.79 Å². The minimum Gasteiger partial charge on any atom is -0.481 e. The SMILES string of the molecule is O=C(O)C1CCN(c2nccc3ccccc23)C1. The molecule has 1 N–H and O–H groups in total. The van der Waals surface area contributed by atoms with E-state index in [0.29, 0.717) is 13.0 Å². The van der Waals surface area contributed by atoms with Crippen LogP contribution in [0.4, 0.5) is 5.82 Å². The molecule has 2 heterocycles. The van der Waals surface area contributed by atoms with Crippen molar-refractivity contribution in [2.45, 2.75) is 6.42 Å². The molecule has 0 radical (unpaired) electrons. The molecule has 0 amide bonds. The monoisotopic (exact) mass is 242 g/mol. The summed E-state index contributed by atoms with van der Waals surface area (Å²) < 4.78 is 0. The largest absolute Gasteiger partial charge is 0.481 e. The van der Waals surface area contributed by atoms with E-state index in [-0.39, 0.29) is 5.92 Å². The van der Waals surface area contributed by atoms with Crippen molar-refractivity contribution in [3.63, 3.8) is 0 Å². The third kappa shape index (κ3) is 1.79. The highest BCUT2D eigenvalue weighted by atomic mass is 16.4. The number of pyridine rings is 1. The summed E-state index contributed by atoms with van der Waals surface area (Å²) in [5, 5.41) is 11.3. The van der Waals surface area contributed by atoms with Gasteiger partial charge in [-0.25, -0.2) is 4.98 Å². The summed E-state index contributed by atoms with van der Waals surface area (Å²) in [5.41, 5.74) is 0. The molecule has 1 atom stereocenters. The van der Waals surface area contributed by atoms with Crippen LogP contribution in [0.15, 0.2) is 36.5 Å². The van der Waals surface area contributed by atoms with Gasteiger partial charge in [0.15, 0.2) is 0 Å². The summed E-state index contributed by atoms with van der Waals surface area (Å²) in [6, 6.07) is 10.0. The lowest BCUT2D eigenvalue weighted by molar-refractivity contribution is -0.140. The lowest BCUT2D eigenvalue weighted by atomic mass is 10.1. The number of rotatable bonds is 2. The normalized spacial score (nSPS) is 19.3. The van der Waals surface area contributed by atoms with Crippen LogP contribution in [0.25, 0.3) is 10.8 Å². The van der Waals surface area contributed by atoms with Crippen LogP contribution in [0.3, 0.4) is 0 Å². The molecule has 3 rings (SSSR count). The Bertz CT molecular complexity index is 592. The summed E-state index contributed by atoms with van der Waals surface area (Å²) in [6.07, 6.45) is 2.48. The highest BCUT2D eigenvalue weighted by Gasteiger charge is 2.29. The van der Waals surface area contributed by atoms with E-state index in [1.54, 1.807) is 6.20 Å². The minimum atomic E-state index is -0.710. The number of hydrogen-bond acceptors (Lipinski definition) is 3. The highest BCUT2D eigenvalue weighted by molar-refractivity contribution is 5.92. The van der Waals surface area contributed by atoms with Crippen molar-refractivity contribution >= 4 is 22.6 Å². The van der Waals surface area contributed by atoms with Crippen molar-refractivity contribution in [2.75, 3.05) is 18.0 Å². The lowest BCUT2D eigenvalue weighted by Crippen LogP contribution is -2.23. The Morgan fingerprint density at radius 1 is 1.33 bits per heavy atom. The molecule has 1 fully saturated rings. The molecule has 1 saturated heterocycles. The number of hydrogen-bond donors (Lipinski definition) is 1. The second-order valence-electron chi connectivity index (χ2n) is 4.63. The van der Waals surface area contributed by atoms with Gasteiger partial charge < -0.3 is 10.0 Å². The number of benzene rings is 1. The summed E-state index contributed by atoms with van der Waals surface area (Å²) >= 11 is 0. The molecular formula is C14H14N2O2. The molecule has 92 valence electrons. The number of fused-ring (bicyclic) bond motifs is 1. The predicted octanol–water partition coefficient (Wildman–Crippen LogP) is 2.15. The molecule has 0 bridgehead atoms. The molecule has 2 aromatic rings. The van der Waals surface area contributed by atoms with Crippen LogP contribution >= 0.6 is 0 Å². The van der Waals surface area contributed by atoms with Gasteiger partial charge in [0, 0.05) is 24.7 Å². The molecule has 1 aliphatic rings. The fourth-order valence-electron chi connectivity index (χ4n) is 2.51. The average molecular weight is 242 g/mol. The van der Waals surface area contributed by atoms with Crippen molar-refractivity contribution in [1.29, 1.82) is 0 Å². The van der Waals surface area contributed by atoms with E-state index in [1.807, 2.05) is 30.3 Å². The van der Waals surface area contributed by atoms with Gasteiger partial charge in [0.05, 0.1) is 5.92 Å². The number of aromatic nitrogens is 1. The molecule has 1 unspecified atom stereocenters. The fraction of sp³-hybridized carbons (Fsp3) is 0.286. The first-order chi connectivity index (χ1) is 8.75. The van der Waals surface area contributed by atoms with Crippen LogP contribution in [0.5, 0.6) is 0 Å². The Kier molecular flexibility index (Phi) is 2.63. The molecule has 1 aliphatic heterocycles. The van der Waals surface area contributed by atoms with Gasteiger partial charge in [-0.1, -0.05) is 24.3 Å². The van der Waals surface area contributed by atoms with Crippen LogP contribution in [-0.4, -0.2) is 29.1 Å². The third-order valence-corrected chi connectivity index (χ3v) is 3.49. The first kappa shape index (κ1) is 11.0. The van der Waals surface area contributed by atoms with Crippen LogP contribution in [-0.2, 0) is 4.79 Å². The van der Waals surface area contributed by atoms with E-state index >= 15 is 0 Å². The Hall–Kier alpha value is -2.10. The Morgan fingerprint density at radius 2 is 2.17 bits per heavy atom. The first-order valence-electron chi connectivity index (χ1n) is 6.07. The highest BCUT2D eigenvalue weighted by Crippen LogP contribution is 2.28. The molecule has 4 heteroatoms. The summed E-state index contributed by atoms with van der Waals surface area (Å²) in [6.45, 7) is 1.31. The zero-order chi connectivity index (χ0) is 12.5. The standard InChI is InChI=1S/C14H14N2O2/c17-14(18)11-6-8-16(9-11)13-12-4-2-1-3-10(12)5-7-15-13/h1-5,7,11H,6,8-9H2,(H,17,18). The van der Waals surface area contributed by atoms with Crippen molar-refractivity contribution in [3.8, 4) is 0 Å². The maximum absolute atomic E-state index is 11.0. The van der Waals surface area contributed by atoms with E-state index in [4.69, 9.17) is 5.11 Å². The van der Waals surface area contributed by atoms with E-state index in [2.05, 4.69) is 9.88 Å². The lowest BCUT2D eigenvalue weighted by Gasteiger charge is -2.18. The average Bonchev–Trinajstić information content (AvgIpc) is 2.87. The molecule has 0 aliphatic carbocycles. The van der Waals surface area contributed by atoms with Gasteiger partial charge in [-0.3, -0.25) is 4.79 Å². The van der Waals surface area contributed by atoms with Gasteiger partial charge in [0.1, 0.15) is 5.82 Å². The molecular weight excluding hydrogens is 228 g/mol. The maximum Gasteiger partial charge on any atom is 0.308 e. The first-order valence-corrected chi connectivity index (χ1v) is 6.07. The molecule has 1 aromatic heterocycles. The van der Waals surface area contributed by atoms with Gasteiger partial charge in [0.25, 0.3) is 0 Å². The van der Waals surface area contributed by atoms with Gasteiger partial charge in [0.2, 0.25) is 0 Å². The fourth-order valence-corrected chi connectivity index (χ4v) is 2.51. The number of anilines is 1. The number of carbonyl (C=O) groups is 1. The zero-order valence-corrected chi connectivity index (χ0v) is 9.91. The van der Waals surface area contributed by atoms with Gasteiger partial charge in [-0.2, -0.15) is 0 Å². The smallest absolute Gasteiger partial charge is 0.308 e. The number of carboxylic acid groups (broad SMARTS) is 1. The second kappa shape index (κ2) is 4.29. The molecule has 0 spiro atoms. The zero-order valence-electron chi connectivity index (χ0n) is 9.91. The Morgan fingerprint density at radius 3 is 2.94 bits per heavy atom. The van der Waals surface area contributed by atoms with Gasteiger partial charge in [-0.05, 0) is 17.9 Å². The maximum atomic E-state index is 11.0. The Labute approximate surface area is 105 Å². The van der Waals surface area contributed by atoms with E-state index in [1.165, 1.54) is 0 Å². The molecule has 1 aromatic carbocycles. The predicted molar refractivity (Wildman–Crippen MR) is 69.7 cm³/mol. The molecule has 4 nitrogen and oxygen atoms in total. The van der Waals surface area contributed by atoms with Crippen molar-refractivity contribution in [2.24, 2.45) is 5.92 Å². The summed E-state index contributed by atoms with van der Waals surface area (Å²) in [5.74, 6) is -0.0830. The number of aliphatic carboxylic acids is 1. The second-order valence-corrected chi connectivity index (χ2v) is 4.63. The molecule has 0 saturated carbocycles. The van der Waals surface area contributed by atoms with Gasteiger partial charge >= 0.3 is 5.97 Å². The number of carboxylic acids is 1. The Balaban J connectivity index is 1.98. The van der Waals surface area contributed by atoms with Gasteiger partial charge in [-0.15, -0.1) is 0 Å². The van der Waals surface area contributed by atoms with E-state index in [0.717, 1.165) is 23.1 Å². The van der Waals surface area contributed by atoms with Crippen LogP contribution in [0.1, 0.15) is 6.42 Å². The quantitative estimate of drug-likeness (QED) is 0.876. The van der Waals surface area contributed by atoms with Crippen molar-refractivity contribution in [3.05, 3.63) is 36.5 Å². The van der Waals surface area contributed by atoms with Crippen molar-refractivity contribution < 1.29 is 9.90 Å².